The first-order chi connectivity index (χ1) is 11.8. The molecule has 1 aliphatic heterocycles. The summed E-state index contributed by atoms with van der Waals surface area (Å²) < 4.78 is 22.9. The maximum Gasteiger partial charge on any atom is 0.276 e. The quantitative estimate of drug-likeness (QED) is 0.843. The van der Waals surface area contributed by atoms with Crippen molar-refractivity contribution < 1.29 is 13.2 Å². The monoisotopic (exact) mass is 380 g/mol. The zero-order chi connectivity index (χ0) is 18.0. The van der Waals surface area contributed by atoms with Crippen molar-refractivity contribution in [3.63, 3.8) is 0 Å². The van der Waals surface area contributed by atoms with Crippen LogP contribution in [0.25, 0.3) is 0 Å². The average Bonchev–Trinajstić information content (AvgIpc) is 2.91. The number of benzene rings is 1. The largest absolute Gasteiger partial charge is 0.365 e. The van der Waals surface area contributed by atoms with Gasteiger partial charge in [0.2, 0.25) is 0 Å². The molecule has 1 unspecified atom stereocenters. The molecular formula is C16H17ClN4O3S. The molecule has 0 radical (unpaired) electrons. The standard InChI is InChI=1S/C16H17ClN4O3S/c1-10-12(17)3-2-4-13(10)19-16(22)14-5-6-15(21-20-14)18-11-7-8-25(23,24)9-11/h2-6,11H,7-9H2,1H3,(H,18,21)(H,19,22). The van der Waals surface area contributed by atoms with E-state index < -0.39 is 15.7 Å². The summed E-state index contributed by atoms with van der Waals surface area (Å²) >= 11 is 6.03. The summed E-state index contributed by atoms with van der Waals surface area (Å²) in [5.41, 5.74) is 1.54. The second kappa shape index (κ2) is 6.97. The third kappa shape index (κ3) is 4.26. The van der Waals surface area contributed by atoms with Gasteiger partial charge in [0, 0.05) is 16.8 Å². The van der Waals surface area contributed by atoms with Gasteiger partial charge in [0.25, 0.3) is 5.91 Å². The minimum absolute atomic E-state index is 0.0883. The average molecular weight is 381 g/mol. The molecule has 3 rings (SSSR count). The Bertz CT molecular complexity index is 900. The van der Waals surface area contributed by atoms with Crippen molar-refractivity contribution in [2.75, 3.05) is 22.1 Å². The van der Waals surface area contributed by atoms with E-state index in [1.807, 2.05) is 6.92 Å². The van der Waals surface area contributed by atoms with E-state index in [-0.39, 0.29) is 23.2 Å². The second-order valence-corrected chi connectivity index (χ2v) is 8.55. The molecular weight excluding hydrogens is 364 g/mol. The number of amides is 1. The van der Waals surface area contributed by atoms with Crippen molar-refractivity contribution in [3.8, 4) is 0 Å². The Hall–Kier alpha value is -2.19. The first-order valence-electron chi connectivity index (χ1n) is 7.71. The first-order valence-corrected chi connectivity index (χ1v) is 9.91. The molecule has 0 saturated carbocycles. The summed E-state index contributed by atoms with van der Waals surface area (Å²) in [5, 5.41) is 14.2. The van der Waals surface area contributed by atoms with Gasteiger partial charge in [0.15, 0.2) is 15.5 Å². The summed E-state index contributed by atoms with van der Waals surface area (Å²) in [7, 11) is -2.96. The second-order valence-electron chi connectivity index (χ2n) is 5.91. The van der Waals surface area contributed by atoms with Gasteiger partial charge in [0.05, 0.1) is 11.5 Å². The summed E-state index contributed by atoms with van der Waals surface area (Å²) in [6, 6.07) is 8.22. The predicted octanol–water partition coefficient (Wildman–Crippen LogP) is 2.29. The van der Waals surface area contributed by atoms with E-state index in [9.17, 15) is 13.2 Å². The lowest BCUT2D eigenvalue weighted by atomic mass is 10.2. The molecule has 2 N–H and O–H groups in total. The molecule has 9 heteroatoms. The van der Waals surface area contributed by atoms with Crippen LogP contribution in [0.3, 0.4) is 0 Å². The molecule has 1 fully saturated rings. The Balaban J connectivity index is 1.65. The van der Waals surface area contributed by atoms with Crippen molar-refractivity contribution in [3.05, 3.63) is 46.6 Å². The molecule has 25 heavy (non-hydrogen) atoms. The third-order valence-corrected chi connectivity index (χ3v) is 6.17. The fourth-order valence-electron chi connectivity index (χ4n) is 2.58. The van der Waals surface area contributed by atoms with E-state index in [2.05, 4.69) is 20.8 Å². The minimum atomic E-state index is -2.96. The number of hydrogen-bond donors (Lipinski definition) is 2. The summed E-state index contributed by atoms with van der Waals surface area (Å²) in [4.78, 5) is 12.3. The van der Waals surface area contributed by atoms with Gasteiger partial charge in [-0.25, -0.2) is 8.42 Å². The molecule has 1 atom stereocenters. The van der Waals surface area contributed by atoms with Crippen LogP contribution in [0.4, 0.5) is 11.5 Å². The van der Waals surface area contributed by atoms with Gasteiger partial charge < -0.3 is 10.6 Å². The van der Waals surface area contributed by atoms with Gasteiger partial charge >= 0.3 is 0 Å². The molecule has 1 aromatic heterocycles. The fraction of sp³-hybridized carbons (Fsp3) is 0.312. The molecule has 2 aromatic rings. The number of hydrogen-bond acceptors (Lipinski definition) is 6. The molecule has 0 spiro atoms. The highest BCUT2D eigenvalue weighted by molar-refractivity contribution is 7.91. The highest BCUT2D eigenvalue weighted by Gasteiger charge is 2.28. The maximum absolute atomic E-state index is 12.3. The Labute approximate surface area is 150 Å². The molecule has 0 aliphatic carbocycles. The van der Waals surface area contributed by atoms with E-state index in [0.717, 1.165) is 5.56 Å². The van der Waals surface area contributed by atoms with Crippen LogP contribution in [0.1, 0.15) is 22.5 Å². The number of carbonyl (C=O) groups is 1. The van der Waals surface area contributed by atoms with Crippen molar-refractivity contribution >= 4 is 38.9 Å². The molecule has 132 valence electrons. The highest BCUT2D eigenvalue weighted by Crippen LogP contribution is 2.23. The summed E-state index contributed by atoms with van der Waals surface area (Å²) in [5.74, 6) is 0.313. The van der Waals surface area contributed by atoms with E-state index >= 15 is 0 Å². The predicted molar refractivity (Wildman–Crippen MR) is 96.9 cm³/mol. The van der Waals surface area contributed by atoms with Crippen LogP contribution < -0.4 is 10.6 Å². The maximum atomic E-state index is 12.3. The number of rotatable bonds is 4. The van der Waals surface area contributed by atoms with Crippen molar-refractivity contribution in [1.82, 2.24) is 10.2 Å². The molecule has 7 nitrogen and oxygen atoms in total. The normalized spacial score (nSPS) is 18.7. The van der Waals surface area contributed by atoms with Gasteiger partial charge in [-0.3, -0.25) is 4.79 Å². The summed E-state index contributed by atoms with van der Waals surface area (Å²) in [6.07, 6.45) is 0.542. The molecule has 1 amide bonds. The van der Waals surface area contributed by atoms with Crippen LogP contribution in [-0.4, -0.2) is 42.1 Å². The molecule has 1 aromatic carbocycles. The number of nitrogens with zero attached hydrogens (tertiary/aromatic N) is 2. The summed E-state index contributed by atoms with van der Waals surface area (Å²) in [6.45, 7) is 1.81. The zero-order valence-electron chi connectivity index (χ0n) is 13.5. The number of anilines is 2. The Morgan fingerprint density at radius 3 is 2.68 bits per heavy atom. The lowest BCUT2D eigenvalue weighted by molar-refractivity contribution is 0.102. The smallest absolute Gasteiger partial charge is 0.276 e. The minimum Gasteiger partial charge on any atom is -0.365 e. The van der Waals surface area contributed by atoms with Crippen LogP contribution in [0.15, 0.2) is 30.3 Å². The van der Waals surface area contributed by atoms with Crippen molar-refractivity contribution in [2.45, 2.75) is 19.4 Å². The first kappa shape index (κ1) is 17.6. The lowest BCUT2D eigenvalue weighted by Gasteiger charge is -2.11. The van der Waals surface area contributed by atoms with E-state index in [4.69, 9.17) is 11.6 Å². The Kier molecular flexibility index (Phi) is 4.91. The van der Waals surface area contributed by atoms with E-state index in [0.29, 0.717) is 22.9 Å². The van der Waals surface area contributed by atoms with Crippen LogP contribution in [0.2, 0.25) is 5.02 Å². The molecule has 0 bridgehead atoms. The van der Waals surface area contributed by atoms with Crippen LogP contribution >= 0.6 is 11.6 Å². The number of aromatic nitrogens is 2. The van der Waals surface area contributed by atoms with Crippen molar-refractivity contribution in [2.24, 2.45) is 0 Å². The fourth-order valence-corrected chi connectivity index (χ4v) is 4.43. The zero-order valence-corrected chi connectivity index (χ0v) is 15.1. The van der Waals surface area contributed by atoms with E-state index in [1.165, 1.54) is 6.07 Å². The van der Waals surface area contributed by atoms with E-state index in [1.54, 1.807) is 24.3 Å². The van der Waals surface area contributed by atoms with Crippen molar-refractivity contribution in [1.29, 1.82) is 0 Å². The van der Waals surface area contributed by atoms with Gasteiger partial charge in [-0.05, 0) is 43.2 Å². The number of nitrogens with one attached hydrogen (secondary N) is 2. The molecule has 1 saturated heterocycles. The third-order valence-electron chi connectivity index (χ3n) is 4.00. The Morgan fingerprint density at radius 2 is 2.04 bits per heavy atom. The van der Waals surface area contributed by atoms with Gasteiger partial charge in [-0.2, -0.15) is 0 Å². The van der Waals surface area contributed by atoms with Gasteiger partial charge in [-0.1, -0.05) is 17.7 Å². The van der Waals surface area contributed by atoms with Gasteiger partial charge in [0.1, 0.15) is 5.82 Å². The van der Waals surface area contributed by atoms with Crippen LogP contribution in [-0.2, 0) is 9.84 Å². The van der Waals surface area contributed by atoms with Crippen LogP contribution in [0.5, 0.6) is 0 Å². The molecule has 1 aliphatic rings. The topological polar surface area (TPSA) is 101 Å². The number of halogens is 1. The lowest BCUT2D eigenvalue weighted by Crippen LogP contribution is -2.22. The van der Waals surface area contributed by atoms with Gasteiger partial charge in [-0.15, -0.1) is 10.2 Å². The van der Waals surface area contributed by atoms with Crippen LogP contribution in [0, 0.1) is 6.92 Å². The number of carbonyl (C=O) groups excluding carboxylic acids is 1. The highest BCUT2D eigenvalue weighted by atomic mass is 35.5. The number of sulfone groups is 1. The SMILES string of the molecule is Cc1c(Cl)cccc1NC(=O)c1ccc(NC2CCS(=O)(=O)C2)nn1. The Morgan fingerprint density at radius 1 is 1.24 bits per heavy atom. The molecule has 2 heterocycles.